The van der Waals surface area contributed by atoms with Gasteiger partial charge in [0.15, 0.2) is 0 Å². The number of methoxy groups -OCH3 is 1. The quantitative estimate of drug-likeness (QED) is 0.591. The van der Waals surface area contributed by atoms with Gasteiger partial charge in [-0.2, -0.15) is 0 Å². The summed E-state index contributed by atoms with van der Waals surface area (Å²) in [6.07, 6.45) is 0.706. The number of nitrogens with one attached hydrogen (secondary N) is 1. The molecule has 1 fully saturated rings. The summed E-state index contributed by atoms with van der Waals surface area (Å²) in [5.74, 6) is -0.324. The minimum Gasteiger partial charge on any atom is -0.465 e. The van der Waals surface area contributed by atoms with Crippen molar-refractivity contribution in [3.05, 3.63) is 40.8 Å². The third kappa shape index (κ3) is 3.79. The molecule has 1 aliphatic rings. The first kappa shape index (κ1) is 20.4. The van der Waals surface area contributed by atoms with Crippen molar-refractivity contribution in [2.24, 2.45) is 0 Å². The monoisotopic (exact) mass is 418 g/mol. The van der Waals surface area contributed by atoms with Gasteiger partial charge in [-0.15, -0.1) is 23.1 Å². The molecule has 28 heavy (non-hydrogen) atoms. The second-order valence-electron chi connectivity index (χ2n) is 6.99. The number of amides is 2. The number of carbonyl (C=O) groups excluding carboxylic acids is 3. The van der Waals surface area contributed by atoms with Crippen molar-refractivity contribution in [3.63, 3.8) is 0 Å². The first-order chi connectivity index (χ1) is 13.3. The van der Waals surface area contributed by atoms with Crippen molar-refractivity contribution in [3.8, 4) is 11.1 Å². The molecule has 148 valence electrons. The van der Waals surface area contributed by atoms with Crippen LogP contribution in [0.5, 0.6) is 0 Å². The molecule has 3 rings (SSSR count). The van der Waals surface area contributed by atoms with Gasteiger partial charge in [-0.25, -0.2) is 4.79 Å². The van der Waals surface area contributed by atoms with Crippen LogP contribution in [-0.4, -0.2) is 47.0 Å². The predicted molar refractivity (Wildman–Crippen MR) is 113 cm³/mol. The number of aryl methyl sites for hydroxylation is 1. The lowest BCUT2D eigenvalue weighted by Gasteiger charge is -2.30. The summed E-state index contributed by atoms with van der Waals surface area (Å²) in [6, 6.07) is 7.20. The molecule has 1 aromatic heterocycles. The maximum atomic E-state index is 12.9. The highest BCUT2D eigenvalue weighted by molar-refractivity contribution is 8.00. The Kier molecular flexibility index (Phi) is 5.81. The van der Waals surface area contributed by atoms with E-state index in [1.165, 1.54) is 23.3 Å². The Balaban J connectivity index is 1.92. The number of hydrogen-bond donors (Lipinski definition) is 1. The van der Waals surface area contributed by atoms with Gasteiger partial charge >= 0.3 is 5.97 Å². The van der Waals surface area contributed by atoms with E-state index in [4.69, 9.17) is 4.74 Å². The van der Waals surface area contributed by atoms with E-state index < -0.39 is 16.9 Å². The number of hydrogen-bond acceptors (Lipinski definition) is 6. The number of anilines is 1. The fraction of sp³-hybridized carbons (Fsp3) is 0.350. The van der Waals surface area contributed by atoms with E-state index >= 15 is 0 Å². The van der Waals surface area contributed by atoms with Gasteiger partial charge in [0, 0.05) is 16.7 Å². The molecule has 0 saturated carbocycles. The Labute approximate surface area is 172 Å². The lowest BCUT2D eigenvalue weighted by molar-refractivity contribution is -0.130. The van der Waals surface area contributed by atoms with E-state index in [9.17, 15) is 14.4 Å². The summed E-state index contributed by atoms with van der Waals surface area (Å²) >= 11 is 2.81. The lowest BCUT2D eigenvalue weighted by atomic mass is 10.0. The molecule has 2 heterocycles. The van der Waals surface area contributed by atoms with Gasteiger partial charge in [-0.05, 0) is 26.3 Å². The molecule has 1 N–H and O–H groups in total. The minimum absolute atomic E-state index is 0.312. The number of carbonyl (C=O) groups is 3. The van der Waals surface area contributed by atoms with E-state index in [1.807, 2.05) is 50.4 Å². The zero-order valence-corrected chi connectivity index (χ0v) is 17.8. The van der Waals surface area contributed by atoms with Crippen molar-refractivity contribution in [1.82, 2.24) is 4.90 Å². The van der Waals surface area contributed by atoms with Crippen LogP contribution in [0.3, 0.4) is 0 Å². The van der Waals surface area contributed by atoms with Gasteiger partial charge in [0.05, 0.1) is 12.0 Å². The average molecular weight is 419 g/mol. The number of ether oxygens (including phenoxy) is 1. The zero-order valence-electron chi connectivity index (χ0n) is 16.1. The highest BCUT2D eigenvalue weighted by Gasteiger charge is 2.43. The van der Waals surface area contributed by atoms with Crippen molar-refractivity contribution < 1.29 is 19.1 Å². The first-order valence-electron chi connectivity index (χ1n) is 8.74. The van der Waals surface area contributed by atoms with Crippen LogP contribution >= 0.6 is 23.1 Å². The molecule has 1 aromatic carbocycles. The Bertz CT molecular complexity index is 905. The number of rotatable bonds is 5. The minimum atomic E-state index is -0.590. The summed E-state index contributed by atoms with van der Waals surface area (Å²) in [6.45, 7) is 5.80. The van der Waals surface area contributed by atoms with Crippen molar-refractivity contribution in [2.75, 3.05) is 18.2 Å². The van der Waals surface area contributed by atoms with Gasteiger partial charge in [0.2, 0.25) is 12.3 Å². The third-order valence-corrected chi connectivity index (χ3v) is 7.04. The Morgan fingerprint density at radius 1 is 1.29 bits per heavy atom. The van der Waals surface area contributed by atoms with Crippen LogP contribution in [-0.2, 0) is 14.3 Å². The molecule has 1 unspecified atom stereocenters. The van der Waals surface area contributed by atoms with E-state index in [2.05, 4.69) is 5.32 Å². The highest BCUT2D eigenvalue weighted by Crippen LogP contribution is 2.40. The summed E-state index contributed by atoms with van der Waals surface area (Å²) in [7, 11) is 1.31. The molecule has 1 aliphatic heterocycles. The molecule has 1 atom stereocenters. The van der Waals surface area contributed by atoms with E-state index in [0.717, 1.165) is 11.1 Å². The molecule has 0 spiro atoms. The zero-order chi connectivity index (χ0) is 20.5. The molecule has 2 amide bonds. The summed E-state index contributed by atoms with van der Waals surface area (Å²) in [4.78, 5) is 37.9. The third-order valence-electron chi connectivity index (χ3n) is 4.75. The molecular formula is C20H22N2O4S2. The number of thioether (sulfide) groups is 1. The number of nitrogens with zero attached hydrogens (tertiary/aromatic N) is 1. The molecule has 2 aromatic rings. The van der Waals surface area contributed by atoms with Gasteiger partial charge in [-0.3, -0.25) is 9.59 Å². The highest BCUT2D eigenvalue weighted by atomic mass is 32.2. The molecule has 1 saturated heterocycles. The van der Waals surface area contributed by atoms with Gasteiger partial charge in [-0.1, -0.05) is 29.8 Å². The molecular weight excluding hydrogens is 396 g/mol. The fourth-order valence-corrected chi connectivity index (χ4v) is 5.27. The van der Waals surface area contributed by atoms with Gasteiger partial charge in [0.1, 0.15) is 16.6 Å². The number of thiophene rings is 1. The average Bonchev–Trinajstić information content (AvgIpc) is 3.21. The van der Waals surface area contributed by atoms with Crippen LogP contribution in [0.15, 0.2) is 29.6 Å². The van der Waals surface area contributed by atoms with Gasteiger partial charge in [0.25, 0.3) is 0 Å². The maximum absolute atomic E-state index is 12.9. The molecule has 0 radical (unpaired) electrons. The normalized spacial score (nSPS) is 18.0. The van der Waals surface area contributed by atoms with Crippen LogP contribution in [0.1, 0.15) is 29.8 Å². The van der Waals surface area contributed by atoms with Crippen LogP contribution in [0.4, 0.5) is 5.00 Å². The first-order valence-corrected chi connectivity index (χ1v) is 10.6. The van der Waals surface area contributed by atoms with Crippen molar-refractivity contribution in [2.45, 2.75) is 31.7 Å². The second kappa shape index (κ2) is 7.97. The number of benzene rings is 1. The second-order valence-corrected chi connectivity index (χ2v) is 9.49. The standard InChI is InChI=1S/C20H22N2O4S2/c1-12-5-7-13(8-6-12)14-9-27-18(16(14)19(25)26-4)21-17(24)15-10-28-20(2,3)22(15)11-23/h5-9,11,15H,10H2,1-4H3,(H,21,24). The van der Waals surface area contributed by atoms with Crippen molar-refractivity contribution in [1.29, 1.82) is 0 Å². The molecule has 8 heteroatoms. The lowest BCUT2D eigenvalue weighted by Crippen LogP contribution is -2.47. The SMILES string of the molecule is COC(=O)c1c(-c2ccc(C)cc2)csc1NC(=O)C1CSC(C)(C)N1C=O. The predicted octanol–water partition coefficient (Wildman–Crippen LogP) is 3.76. The van der Waals surface area contributed by atoms with Crippen molar-refractivity contribution >= 4 is 46.4 Å². The molecule has 6 nitrogen and oxygen atoms in total. The summed E-state index contributed by atoms with van der Waals surface area (Å²) in [5, 5.41) is 5.09. The summed E-state index contributed by atoms with van der Waals surface area (Å²) in [5.41, 5.74) is 3.02. The Morgan fingerprint density at radius 2 is 1.96 bits per heavy atom. The van der Waals surface area contributed by atoms with E-state index in [0.29, 0.717) is 28.3 Å². The molecule has 0 aliphatic carbocycles. The Morgan fingerprint density at radius 3 is 2.57 bits per heavy atom. The largest absolute Gasteiger partial charge is 0.465 e. The van der Waals surface area contributed by atoms with E-state index in [1.54, 1.807) is 11.8 Å². The maximum Gasteiger partial charge on any atom is 0.341 e. The van der Waals surface area contributed by atoms with Crippen LogP contribution < -0.4 is 5.32 Å². The molecule has 0 bridgehead atoms. The fourth-order valence-electron chi connectivity index (χ4n) is 3.11. The Hall–Kier alpha value is -2.32. The smallest absolute Gasteiger partial charge is 0.341 e. The number of esters is 1. The van der Waals surface area contributed by atoms with Gasteiger partial charge < -0.3 is 15.0 Å². The van der Waals surface area contributed by atoms with Crippen LogP contribution in [0.25, 0.3) is 11.1 Å². The summed E-state index contributed by atoms with van der Waals surface area (Å²) < 4.78 is 4.95. The topological polar surface area (TPSA) is 75.7 Å². The van der Waals surface area contributed by atoms with E-state index in [-0.39, 0.29) is 5.91 Å². The van der Waals surface area contributed by atoms with Crippen LogP contribution in [0, 0.1) is 6.92 Å². The van der Waals surface area contributed by atoms with Crippen LogP contribution in [0.2, 0.25) is 0 Å².